The van der Waals surface area contributed by atoms with Gasteiger partial charge in [0.05, 0.1) is 28.7 Å². The average Bonchev–Trinajstić information content (AvgIpc) is 3.36. The van der Waals surface area contributed by atoms with Gasteiger partial charge in [-0.1, -0.05) is 69.3 Å². The first kappa shape index (κ1) is 28.5. The van der Waals surface area contributed by atoms with Crippen LogP contribution in [0.3, 0.4) is 0 Å². The monoisotopic (exact) mass is 605 g/mol. The quantitative estimate of drug-likeness (QED) is 0.223. The fraction of sp³-hybridized carbons (Fsp3) is 0.200. The Kier molecular flexibility index (Phi) is 6.61. The molecular weight excluding hydrogens is 575 g/mol. The van der Waals surface area contributed by atoms with Gasteiger partial charge in [-0.2, -0.15) is 23.0 Å². The molecule has 0 fully saturated rings. The second-order valence-electron chi connectivity index (χ2n) is 12.2. The van der Waals surface area contributed by atoms with Crippen LogP contribution in [0.1, 0.15) is 54.8 Å². The van der Waals surface area contributed by atoms with Crippen LogP contribution in [0.4, 0.5) is 36.1 Å². The largest absolute Gasteiger partial charge is 0.416 e. The molecular formula is C35H30F3N7. The van der Waals surface area contributed by atoms with Crippen LogP contribution in [0.15, 0.2) is 107 Å². The number of anilines is 2. The fourth-order valence-corrected chi connectivity index (χ4v) is 5.83. The van der Waals surface area contributed by atoms with E-state index in [0.717, 1.165) is 34.6 Å². The lowest BCUT2D eigenvalue weighted by molar-refractivity contribution is -0.137. The van der Waals surface area contributed by atoms with Crippen molar-refractivity contribution in [2.45, 2.75) is 45.3 Å². The van der Waals surface area contributed by atoms with Crippen molar-refractivity contribution >= 4 is 34.6 Å². The summed E-state index contributed by atoms with van der Waals surface area (Å²) in [4.78, 5) is 16.6. The predicted molar refractivity (Wildman–Crippen MR) is 171 cm³/mol. The molecule has 1 atom stereocenters. The van der Waals surface area contributed by atoms with Crippen LogP contribution < -0.4 is 10.2 Å². The number of rotatable bonds is 3. The summed E-state index contributed by atoms with van der Waals surface area (Å²) in [5.74, 6) is 1.96. The molecule has 10 heteroatoms. The molecule has 0 amide bonds. The highest BCUT2D eigenvalue weighted by Gasteiger charge is 2.42. The number of aromatic nitrogens is 3. The zero-order valence-electron chi connectivity index (χ0n) is 25.1. The second-order valence-corrected chi connectivity index (χ2v) is 12.2. The Hall–Kier alpha value is -5.25. The number of pyridine rings is 1. The van der Waals surface area contributed by atoms with Gasteiger partial charge in [-0.25, -0.2) is 15.0 Å². The van der Waals surface area contributed by atoms with E-state index in [2.05, 4.69) is 60.2 Å². The van der Waals surface area contributed by atoms with Gasteiger partial charge in [0, 0.05) is 17.4 Å². The van der Waals surface area contributed by atoms with Crippen LogP contribution in [0.2, 0.25) is 0 Å². The summed E-state index contributed by atoms with van der Waals surface area (Å²) < 4.78 is 42.6. The number of fused-ring (bicyclic) bond motifs is 4. The summed E-state index contributed by atoms with van der Waals surface area (Å²) in [6, 6.07) is 26.5. The van der Waals surface area contributed by atoms with Gasteiger partial charge in [-0.15, -0.1) is 0 Å². The van der Waals surface area contributed by atoms with Gasteiger partial charge < -0.3 is 10.2 Å². The van der Waals surface area contributed by atoms with E-state index in [0.29, 0.717) is 29.0 Å². The Labute approximate surface area is 258 Å². The molecule has 7 nitrogen and oxygen atoms in total. The molecule has 0 radical (unpaired) electrons. The van der Waals surface area contributed by atoms with E-state index in [1.54, 1.807) is 16.9 Å². The molecule has 1 N–H and O–H groups in total. The summed E-state index contributed by atoms with van der Waals surface area (Å²) in [7, 11) is 0. The van der Waals surface area contributed by atoms with Gasteiger partial charge in [0.1, 0.15) is 0 Å². The average molecular weight is 606 g/mol. The van der Waals surface area contributed by atoms with Crippen LogP contribution in [0.5, 0.6) is 0 Å². The highest BCUT2D eigenvalue weighted by molar-refractivity contribution is 6.51. The van der Waals surface area contributed by atoms with Crippen molar-refractivity contribution in [3.05, 3.63) is 125 Å². The lowest BCUT2D eigenvalue weighted by Crippen LogP contribution is -2.46. The van der Waals surface area contributed by atoms with Crippen molar-refractivity contribution in [3.8, 4) is 5.82 Å². The molecule has 0 saturated heterocycles. The summed E-state index contributed by atoms with van der Waals surface area (Å²) in [5, 5.41) is 8.06. The Morgan fingerprint density at radius 1 is 0.800 bits per heavy atom. The van der Waals surface area contributed by atoms with Crippen LogP contribution in [-0.4, -0.2) is 26.4 Å². The molecule has 5 aromatic rings. The van der Waals surface area contributed by atoms with E-state index in [1.807, 2.05) is 49.4 Å². The minimum atomic E-state index is -4.49. The minimum Gasteiger partial charge on any atom is -0.337 e. The van der Waals surface area contributed by atoms with Gasteiger partial charge in [0.25, 0.3) is 0 Å². The van der Waals surface area contributed by atoms with Crippen molar-refractivity contribution < 1.29 is 13.2 Å². The maximum atomic E-state index is 13.6. The van der Waals surface area contributed by atoms with E-state index in [9.17, 15) is 13.2 Å². The number of hydrogen-bond acceptors (Lipinski definition) is 6. The number of aryl methyl sites for hydroxylation is 1. The van der Waals surface area contributed by atoms with Crippen molar-refractivity contribution in [2.75, 3.05) is 10.2 Å². The Morgan fingerprint density at radius 3 is 2.27 bits per heavy atom. The van der Waals surface area contributed by atoms with Crippen molar-refractivity contribution in [1.82, 2.24) is 14.8 Å². The first-order valence-electron chi connectivity index (χ1n) is 14.6. The molecule has 0 saturated carbocycles. The van der Waals surface area contributed by atoms with Crippen molar-refractivity contribution in [2.24, 2.45) is 9.98 Å². The SMILES string of the molecule is Cc1nn(-c2ccccn2)c2c1C(c1ccc(C(C)(C)C)cc1)N1C(=N2)C(Nc2cccc(C(F)(F)F)c2)=Nc2ccccc21. The number of aliphatic imine (C=N–C) groups is 2. The molecule has 4 heterocycles. The third-order valence-corrected chi connectivity index (χ3v) is 8.05. The molecule has 3 aromatic carbocycles. The van der Waals surface area contributed by atoms with Gasteiger partial charge in [0.2, 0.25) is 0 Å². The highest BCUT2D eigenvalue weighted by Crippen LogP contribution is 2.48. The molecule has 7 rings (SSSR count). The van der Waals surface area contributed by atoms with Crippen LogP contribution in [0.25, 0.3) is 5.82 Å². The smallest absolute Gasteiger partial charge is 0.337 e. The Morgan fingerprint density at radius 2 is 1.56 bits per heavy atom. The molecule has 0 spiro atoms. The number of alkyl halides is 3. The highest BCUT2D eigenvalue weighted by atomic mass is 19.4. The summed E-state index contributed by atoms with van der Waals surface area (Å²) in [5.41, 5.74) is 4.85. The standard InChI is InChI=1S/C35H30F3N7/c1-21-29-30(22-15-17-23(18-16-22)34(2,3)4)44-27-13-6-5-12-26(27)41-31(40-25-11-9-10-24(20-25)35(36,37)38)33(44)42-32(29)45(43-21)28-14-7-8-19-39-28/h5-20,30H,1-4H3,(H,40,41). The molecule has 45 heavy (non-hydrogen) atoms. The number of benzene rings is 3. The maximum absolute atomic E-state index is 13.6. The van der Waals surface area contributed by atoms with Crippen molar-refractivity contribution in [1.29, 1.82) is 0 Å². The number of hydrogen-bond donors (Lipinski definition) is 1. The Balaban J connectivity index is 1.46. The number of halogens is 3. The molecule has 1 unspecified atom stereocenters. The number of nitrogens with zero attached hydrogens (tertiary/aromatic N) is 6. The second kappa shape index (κ2) is 10.4. The van der Waals surface area contributed by atoms with Crippen LogP contribution in [0, 0.1) is 6.92 Å². The molecule has 2 aromatic heterocycles. The third kappa shape index (κ3) is 5.05. The van der Waals surface area contributed by atoms with Crippen LogP contribution in [-0.2, 0) is 11.6 Å². The first-order valence-corrected chi connectivity index (χ1v) is 14.6. The van der Waals surface area contributed by atoms with Gasteiger partial charge in [-0.3, -0.25) is 0 Å². The van der Waals surface area contributed by atoms with Crippen LogP contribution >= 0.6 is 0 Å². The lowest BCUT2D eigenvalue weighted by Gasteiger charge is -2.40. The van der Waals surface area contributed by atoms with E-state index < -0.39 is 11.7 Å². The maximum Gasteiger partial charge on any atom is 0.416 e. The zero-order valence-corrected chi connectivity index (χ0v) is 25.1. The van der Waals surface area contributed by atoms with E-state index in [4.69, 9.17) is 15.1 Å². The normalized spacial score (nSPS) is 15.9. The molecule has 226 valence electrons. The topological polar surface area (TPSA) is 70.7 Å². The molecule has 0 aliphatic carbocycles. The van der Waals surface area contributed by atoms with E-state index >= 15 is 0 Å². The molecule has 2 aliphatic heterocycles. The molecule has 0 bridgehead atoms. The van der Waals surface area contributed by atoms with Crippen molar-refractivity contribution in [3.63, 3.8) is 0 Å². The number of nitrogens with one attached hydrogen (secondary N) is 1. The zero-order chi connectivity index (χ0) is 31.5. The number of para-hydroxylation sites is 2. The number of amidine groups is 2. The van der Waals surface area contributed by atoms with Gasteiger partial charge in [-0.05, 0) is 65.9 Å². The lowest BCUT2D eigenvalue weighted by atomic mass is 9.85. The van der Waals surface area contributed by atoms with E-state index in [1.165, 1.54) is 11.6 Å². The van der Waals surface area contributed by atoms with E-state index in [-0.39, 0.29) is 17.1 Å². The fourth-order valence-electron chi connectivity index (χ4n) is 5.83. The van der Waals surface area contributed by atoms with Gasteiger partial charge >= 0.3 is 6.18 Å². The van der Waals surface area contributed by atoms with Gasteiger partial charge in [0.15, 0.2) is 23.3 Å². The minimum absolute atomic E-state index is 0.0327. The Bertz CT molecular complexity index is 1970. The summed E-state index contributed by atoms with van der Waals surface area (Å²) in [6.07, 6.45) is -2.79. The third-order valence-electron chi connectivity index (χ3n) is 8.05. The summed E-state index contributed by atoms with van der Waals surface area (Å²) >= 11 is 0. The summed E-state index contributed by atoms with van der Waals surface area (Å²) in [6.45, 7) is 8.49. The first-order chi connectivity index (χ1) is 21.5. The molecule has 2 aliphatic rings. The predicted octanol–water partition coefficient (Wildman–Crippen LogP) is 8.69.